The van der Waals surface area contributed by atoms with Crippen LogP contribution in [-0.2, 0) is 7.05 Å². The van der Waals surface area contributed by atoms with E-state index in [4.69, 9.17) is 5.73 Å². The van der Waals surface area contributed by atoms with Gasteiger partial charge in [0, 0.05) is 12.6 Å². The number of hydrogen-bond donors (Lipinski definition) is 1. The molecule has 0 spiro atoms. The Balaban J connectivity index is 2.50. The molecule has 2 N–H and O–H groups in total. The molecule has 4 nitrogen and oxygen atoms in total. The minimum atomic E-state index is -0.593. The normalized spacial score (nSPS) is 12.8. The summed E-state index contributed by atoms with van der Waals surface area (Å²) in [7, 11) is 1.72. The molecular formula is C11H12BrFN4. The van der Waals surface area contributed by atoms with Gasteiger partial charge in [-0.05, 0) is 28.9 Å². The Hall–Kier alpha value is -1.27. The van der Waals surface area contributed by atoms with Crippen molar-refractivity contribution in [2.75, 3.05) is 0 Å². The molecule has 1 unspecified atom stereocenters. The van der Waals surface area contributed by atoms with E-state index in [1.165, 1.54) is 10.7 Å². The van der Waals surface area contributed by atoms with Gasteiger partial charge < -0.3 is 5.73 Å². The van der Waals surface area contributed by atoms with Crippen molar-refractivity contribution in [1.82, 2.24) is 15.0 Å². The van der Waals surface area contributed by atoms with Gasteiger partial charge in [0.15, 0.2) is 4.60 Å². The van der Waals surface area contributed by atoms with Crippen molar-refractivity contribution >= 4 is 15.9 Å². The third-order valence-corrected chi connectivity index (χ3v) is 3.17. The van der Waals surface area contributed by atoms with Crippen molar-refractivity contribution in [3.8, 4) is 0 Å². The molecular weight excluding hydrogens is 287 g/mol. The molecule has 0 aliphatic heterocycles. The first-order valence-corrected chi connectivity index (χ1v) is 5.86. The topological polar surface area (TPSA) is 56.7 Å². The Bertz CT molecular complexity index is 533. The van der Waals surface area contributed by atoms with E-state index in [1.54, 1.807) is 19.2 Å². The summed E-state index contributed by atoms with van der Waals surface area (Å²) in [6, 6.07) is 4.27. The third-order valence-electron chi connectivity index (χ3n) is 2.61. The number of hydrogen-bond acceptors (Lipinski definition) is 3. The van der Waals surface area contributed by atoms with Gasteiger partial charge in [-0.15, -0.1) is 5.10 Å². The van der Waals surface area contributed by atoms with Crippen LogP contribution < -0.4 is 5.73 Å². The van der Waals surface area contributed by atoms with Crippen LogP contribution >= 0.6 is 15.9 Å². The van der Waals surface area contributed by atoms with E-state index in [0.29, 0.717) is 15.9 Å². The van der Waals surface area contributed by atoms with Crippen molar-refractivity contribution in [3.63, 3.8) is 0 Å². The van der Waals surface area contributed by atoms with E-state index in [1.807, 2.05) is 6.92 Å². The van der Waals surface area contributed by atoms with Crippen LogP contribution in [0.15, 0.2) is 22.8 Å². The molecule has 1 heterocycles. The van der Waals surface area contributed by atoms with Crippen LogP contribution in [0.3, 0.4) is 0 Å². The van der Waals surface area contributed by atoms with Crippen LogP contribution in [0.4, 0.5) is 4.39 Å². The maximum absolute atomic E-state index is 13.7. The van der Waals surface area contributed by atoms with E-state index in [2.05, 4.69) is 26.2 Å². The van der Waals surface area contributed by atoms with Crippen LogP contribution in [0.1, 0.15) is 22.9 Å². The molecule has 0 aliphatic rings. The lowest BCUT2D eigenvalue weighted by molar-refractivity contribution is 0.583. The Morgan fingerprint density at radius 3 is 2.76 bits per heavy atom. The molecule has 0 aliphatic carbocycles. The van der Waals surface area contributed by atoms with Gasteiger partial charge >= 0.3 is 0 Å². The van der Waals surface area contributed by atoms with Gasteiger partial charge in [0.1, 0.15) is 5.82 Å². The molecule has 90 valence electrons. The lowest BCUT2D eigenvalue weighted by atomic mass is 10.0. The molecule has 17 heavy (non-hydrogen) atoms. The van der Waals surface area contributed by atoms with Crippen molar-refractivity contribution < 1.29 is 4.39 Å². The predicted octanol–water partition coefficient (Wildman–Crippen LogP) is 2.07. The first-order valence-electron chi connectivity index (χ1n) is 5.07. The highest BCUT2D eigenvalue weighted by atomic mass is 79.9. The second-order valence-electron chi connectivity index (χ2n) is 3.89. The van der Waals surface area contributed by atoms with Crippen molar-refractivity contribution in [2.45, 2.75) is 13.0 Å². The molecule has 0 saturated heterocycles. The summed E-state index contributed by atoms with van der Waals surface area (Å²) < 4.78 is 15.8. The summed E-state index contributed by atoms with van der Waals surface area (Å²) in [6.45, 7) is 1.90. The van der Waals surface area contributed by atoms with E-state index >= 15 is 0 Å². The highest BCUT2D eigenvalue weighted by molar-refractivity contribution is 9.10. The molecule has 1 atom stereocenters. The second kappa shape index (κ2) is 4.54. The van der Waals surface area contributed by atoms with Crippen LogP contribution in [0.2, 0.25) is 0 Å². The number of rotatable bonds is 2. The van der Waals surface area contributed by atoms with Crippen LogP contribution in [0.5, 0.6) is 0 Å². The number of aromatic nitrogens is 3. The summed E-state index contributed by atoms with van der Waals surface area (Å²) in [5, 5.41) is 7.67. The zero-order valence-electron chi connectivity index (χ0n) is 9.48. The molecule has 0 radical (unpaired) electrons. The SMILES string of the molecule is Cc1ccc(F)c(C(N)c2c(Br)nnn2C)c1. The first-order chi connectivity index (χ1) is 8.00. The standard InChI is InChI=1S/C11H12BrFN4/c1-6-3-4-8(13)7(5-6)9(14)10-11(12)15-16-17(10)2/h3-5,9H,14H2,1-2H3. The zero-order chi connectivity index (χ0) is 12.6. The molecule has 1 aromatic heterocycles. The van der Waals surface area contributed by atoms with Gasteiger partial charge in [-0.2, -0.15) is 0 Å². The second-order valence-corrected chi connectivity index (χ2v) is 4.64. The third kappa shape index (κ3) is 2.23. The van der Waals surface area contributed by atoms with Gasteiger partial charge in [0.25, 0.3) is 0 Å². The van der Waals surface area contributed by atoms with Crippen molar-refractivity contribution in [2.24, 2.45) is 12.8 Å². The Morgan fingerprint density at radius 2 is 2.18 bits per heavy atom. The summed E-state index contributed by atoms with van der Waals surface area (Å²) in [4.78, 5) is 0. The highest BCUT2D eigenvalue weighted by Gasteiger charge is 2.20. The fourth-order valence-electron chi connectivity index (χ4n) is 1.72. The van der Waals surface area contributed by atoms with E-state index in [0.717, 1.165) is 5.56 Å². The number of benzene rings is 1. The maximum atomic E-state index is 13.7. The summed E-state index contributed by atoms with van der Waals surface area (Å²) in [5.74, 6) is -0.323. The van der Waals surface area contributed by atoms with Crippen molar-refractivity contribution in [1.29, 1.82) is 0 Å². The summed E-state index contributed by atoms with van der Waals surface area (Å²) in [5.41, 5.74) is 8.11. The molecule has 1 aromatic carbocycles. The van der Waals surface area contributed by atoms with Crippen LogP contribution in [-0.4, -0.2) is 15.0 Å². The Morgan fingerprint density at radius 1 is 1.47 bits per heavy atom. The quantitative estimate of drug-likeness (QED) is 0.923. The largest absolute Gasteiger partial charge is 0.319 e. The predicted molar refractivity (Wildman–Crippen MR) is 65.9 cm³/mol. The maximum Gasteiger partial charge on any atom is 0.153 e. The minimum Gasteiger partial charge on any atom is -0.319 e. The molecule has 2 rings (SSSR count). The Labute approximate surface area is 107 Å². The van der Waals surface area contributed by atoms with E-state index in [9.17, 15) is 4.39 Å². The molecule has 2 aromatic rings. The van der Waals surface area contributed by atoms with Gasteiger partial charge in [-0.3, -0.25) is 0 Å². The summed E-state index contributed by atoms with van der Waals surface area (Å²) >= 11 is 3.26. The van der Waals surface area contributed by atoms with Gasteiger partial charge in [0.2, 0.25) is 0 Å². The number of halogens is 2. The van der Waals surface area contributed by atoms with Gasteiger partial charge in [-0.1, -0.05) is 22.9 Å². The van der Waals surface area contributed by atoms with Crippen molar-refractivity contribution in [3.05, 3.63) is 45.4 Å². The number of nitrogens with two attached hydrogens (primary N) is 1. The zero-order valence-corrected chi connectivity index (χ0v) is 11.1. The average Bonchev–Trinajstić information content (AvgIpc) is 2.61. The first kappa shape index (κ1) is 12.2. The average molecular weight is 299 g/mol. The fourth-order valence-corrected chi connectivity index (χ4v) is 2.29. The molecule has 0 bridgehead atoms. The lowest BCUT2D eigenvalue weighted by Gasteiger charge is -2.14. The summed E-state index contributed by atoms with van der Waals surface area (Å²) in [6.07, 6.45) is 0. The number of nitrogens with zero attached hydrogens (tertiary/aromatic N) is 3. The van der Waals surface area contributed by atoms with Gasteiger partial charge in [-0.25, -0.2) is 9.07 Å². The molecule has 6 heteroatoms. The monoisotopic (exact) mass is 298 g/mol. The molecule has 0 amide bonds. The van der Waals surface area contributed by atoms with Gasteiger partial charge in [0.05, 0.1) is 11.7 Å². The lowest BCUT2D eigenvalue weighted by Crippen LogP contribution is -2.18. The Kier molecular flexibility index (Phi) is 3.26. The van der Waals surface area contributed by atoms with Crippen LogP contribution in [0, 0.1) is 12.7 Å². The smallest absolute Gasteiger partial charge is 0.153 e. The van der Waals surface area contributed by atoms with Crippen LogP contribution in [0.25, 0.3) is 0 Å². The highest BCUT2D eigenvalue weighted by Crippen LogP contribution is 2.26. The fraction of sp³-hybridized carbons (Fsp3) is 0.273. The minimum absolute atomic E-state index is 0.323. The molecule has 0 saturated carbocycles. The molecule has 0 fully saturated rings. The number of aryl methyl sites for hydroxylation is 2. The van der Waals surface area contributed by atoms with E-state index in [-0.39, 0.29) is 5.82 Å². The van der Waals surface area contributed by atoms with E-state index < -0.39 is 6.04 Å².